The van der Waals surface area contributed by atoms with Crippen molar-refractivity contribution < 1.29 is 18.0 Å². The molecule has 0 spiro atoms. The third-order valence-electron chi connectivity index (χ3n) is 4.86. The minimum atomic E-state index is -3.46. The smallest absolute Gasteiger partial charge is 0.252 e. The summed E-state index contributed by atoms with van der Waals surface area (Å²) in [5, 5.41) is 7.41. The molecule has 0 unspecified atom stereocenters. The molecule has 156 valence electrons. The Bertz CT molecular complexity index is 933. The van der Waals surface area contributed by atoms with Crippen LogP contribution in [-0.2, 0) is 14.8 Å². The molecule has 3 rings (SSSR count). The molecule has 1 aromatic heterocycles. The SMILES string of the molecule is CCCNC(=O)c1ccc(NC(=O)C2CCN(S(=O)(=O)c3cccs3)CC2)cc1. The third-order valence-corrected chi connectivity index (χ3v) is 8.14. The lowest BCUT2D eigenvalue weighted by Gasteiger charge is -2.30. The van der Waals surface area contributed by atoms with Gasteiger partial charge >= 0.3 is 0 Å². The molecule has 1 aromatic carbocycles. The molecule has 2 amide bonds. The van der Waals surface area contributed by atoms with E-state index in [0.29, 0.717) is 47.9 Å². The summed E-state index contributed by atoms with van der Waals surface area (Å²) in [5.74, 6) is -0.497. The number of carbonyl (C=O) groups is 2. The van der Waals surface area contributed by atoms with Gasteiger partial charge in [0.2, 0.25) is 5.91 Å². The van der Waals surface area contributed by atoms with Crippen molar-refractivity contribution in [3.63, 3.8) is 0 Å². The van der Waals surface area contributed by atoms with Gasteiger partial charge in [-0.3, -0.25) is 9.59 Å². The molecular formula is C20H25N3O4S2. The van der Waals surface area contributed by atoms with E-state index < -0.39 is 10.0 Å². The van der Waals surface area contributed by atoms with E-state index in [2.05, 4.69) is 10.6 Å². The summed E-state index contributed by atoms with van der Waals surface area (Å²) in [5.41, 5.74) is 1.17. The van der Waals surface area contributed by atoms with Gasteiger partial charge in [0.25, 0.3) is 15.9 Å². The number of sulfonamides is 1. The fourth-order valence-corrected chi connectivity index (χ4v) is 5.80. The molecule has 0 saturated carbocycles. The Hall–Kier alpha value is -2.23. The number of thiophene rings is 1. The number of nitrogens with one attached hydrogen (secondary N) is 2. The monoisotopic (exact) mass is 435 g/mol. The summed E-state index contributed by atoms with van der Waals surface area (Å²) in [6.45, 7) is 3.27. The summed E-state index contributed by atoms with van der Waals surface area (Å²) in [7, 11) is -3.46. The fourth-order valence-electron chi connectivity index (χ4n) is 3.19. The Balaban J connectivity index is 1.53. The zero-order valence-electron chi connectivity index (χ0n) is 16.3. The number of anilines is 1. The predicted octanol–water partition coefficient (Wildman–Crippen LogP) is 2.93. The molecule has 0 aliphatic carbocycles. The molecule has 2 aromatic rings. The number of hydrogen-bond donors (Lipinski definition) is 2. The topological polar surface area (TPSA) is 95.6 Å². The molecule has 1 saturated heterocycles. The molecular weight excluding hydrogens is 410 g/mol. The van der Waals surface area contributed by atoms with Crippen LogP contribution < -0.4 is 10.6 Å². The number of benzene rings is 1. The van der Waals surface area contributed by atoms with Gasteiger partial charge in [-0.25, -0.2) is 8.42 Å². The van der Waals surface area contributed by atoms with Crippen LogP contribution in [-0.4, -0.2) is 44.2 Å². The number of hydrogen-bond acceptors (Lipinski definition) is 5. The average molecular weight is 436 g/mol. The normalized spacial score (nSPS) is 15.8. The van der Waals surface area contributed by atoms with Gasteiger partial charge in [0.1, 0.15) is 4.21 Å². The van der Waals surface area contributed by atoms with Gasteiger partial charge < -0.3 is 10.6 Å². The second-order valence-electron chi connectivity index (χ2n) is 6.93. The van der Waals surface area contributed by atoms with Crippen molar-refractivity contribution in [1.82, 2.24) is 9.62 Å². The molecule has 29 heavy (non-hydrogen) atoms. The number of rotatable bonds is 7. The number of nitrogens with zero attached hydrogens (tertiary/aromatic N) is 1. The lowest BCUT2D eigenvalue weighted by Crippen LogP contribution is -2.41. The van der Waals surface area contributed by atoms with Crippen LogP contribution in [0.15, 0.2) is 46.0 Å². The van der Waals surface area contributed by atoms with Crippen molar-refractivity contribution in [3.8, 4) is 0 Å². The summed E-state index contributed by atoms with van der Waals surface area (Å²) in [6, 6.07) is 10.1. The largest absolute Gasteiger partial charge is 0.352 e. The lowest BCUT2D eigenvalue weighted by atomic mass is 9.97. The fraction of sp³-hybridized carbons (Fsp3) is 0.400. The van der Waals surface area contributed by atoms with Crippen LogP contribution in [0.5, 0.6) is 0 Å². The first-order valence-electron chi connectivity index (χ1n) is 9.64. The number of piperidine rings is 1. The van der Waals surface area contributed by atoms with Gasteiger partial charge in [-0.05, 0) is 55.0 Å². The Morgan fingerprint density at radius 3 is 2.41 bits per heavy atom. The van der Waals surface area contributed by atoms with E-state index in [-0.39, 0.29) is 17.7 Å². The summed E-state index contributed by atoms with van der Waals surface area (Å²) >= 11 is 1.20. The Morgan fingerprint density at radius 2 is 1.83 bits per heavy atom. The number of carbonyl (C=O) groups excluding carboxylic acids is 2. The van der Waals surface area contributed by atoms with Crippen LogP contribution in [0.25, 0.3) is 0 Å². The summed E-state index contributed by atoms with van der Waals surface area (Å²) in [6.07, 6.45) is 1.83. The van der Waals surface area contributed by atoms with Crippen LogP contribution in [0.4, 0.5) is 5.69 Å². The minimum Gasteiger partial charge on any atom is -0.352 e. The molecule has 1 fully saturated rings. The first-order chi connectivity index (χ1) is 13.9. The maximum Gasteiger partial charge on any atom is 0.252 e. The van der Waals surface area contributed by atoms with E-state index in [1.807, 2.05) is 6.92 Å². The van der Waals surface area contributed by atoms with Crippen LogP contribution in [0, 0.1) is 5.92 Å². The van der Waals surface area contributed by atoms with Crippen molar-refractivity contribution in [2.45, 2.75) is 30.4 Å². The van der Waals surface area contributed by atoms with E-state index in [9.17, 15) is 18.0 Å². The molecule has 2 N–H and O–H groups in total. The second kappa shape index (κ2) is 9.51. The van der Waals surface area contributed by atoms with Crippen LogP contribution >= 0.6 is 11.3 Å². The van der Waals surface area contributed by atoms with Gasteiger partial charge in [-0.1, -0.05) is 13.0 Å². The quantitative estimate of drug-likeness (QED) is 0.699. The highest BCUT2D eigenvalue weighted by molar-refractivity contribution is 7.91. The van der Waals surface area contributed by atoms with E-state index in [1.165, 1.54) is 15.6 Å². The highest BCUT2D eigenvalue weighted by atomic mass is 32.2. The zero-order valence-corrected chi connectivity index (χ0v) is 17.9. The van der Waals surface area contributed by atoms with E-state index in [1.54, 1.807) is 41.8 Å². The second-order valence-corrected chi connectivity index (χ2v) is 10.0. The van der Waals surface area contributed by atoms with Crippen molar-refractivity contribution in [3.05, 3.63) is 47.3 Å². The Morgan fingerprint density at radius 1 is 1.14 bits per heavy atom. The van der Waals surface area contributed by atoms with Crippen molar-refractivity contribution in [2.75, 3.05) is 25.0 Å². The molecule has 0 radical (unpaired) electrons. The van der Waals surface area contributed by atoms with Gasteiger partial charge in [0, 0.05) is 36.8 Å². The minimum absolute atomic E-state index is 0.124. The third kappa shape index (κ3) is 5.23. The molecule has 2 heterocycles. The maximum atomic E-state index is 12.6. The molecule has 7 nitrogen and oxygen atoms in total. The van der Waals surface area contributed by atoms with Crippen LogP contribution in [0.3, 0.4) is 0 Å². The first-order valence-corrected chi connectivity index (χ1v) is 12.0. The van der Waals surface area contributed by atoms with Crippen LogP contribution in [0.2, 0.25) is 0 Å². The maximum absolute atomic E-state index is 12.6. The van der Waals surface area contributed by atoms with E-state index in [0.717, 1.165) is 6.42 Å². The van der Waals surface area contributed by atoms with E-state index >= 15 is 0 Å². The van der Waals surface area contributed by atoms with Gasteiger partial charge in [-0.2, -0.15) is 4.31 Å². The highest BCUT2D eigenvalue weighted by Gasteiger charge is 2.32. The standard InChI is InChI=1S/C20H25N3O4S2/c1-2-11-21-19(24)15-5-7-17(8-6-15)22-20(25)16-9-12-23(13-10-16)29(26,27)18-4-3-14-28-18/h3-8,14,16H,2,9-13H2,1H3,(H,21,24)(H,22,25). The lowest BCUT2D eigenvalue weighted by molar-refractivity contribution is -0.120. The summed E-state index contributed by atoms with van der Waals surface area (Å²) < 4.78 is 26.9. The zero-order chi connectivity index (χ0) is 20.9. The molecule has 1 aliphatic heterocycles. The molecule has 0 atom stereocenters. The number of amides is 2. The average Bonchev–Trinajstić information content (AvgIpc) is 3.28. The van der Waals surface area contributed by atoms with Crippen molar-refractivity contribution >= 4 is 38.9 Å². The Labute approximate surface area is 175 Å². The van der Waals surface area contributed by atoms with Crippen LogP contribution in [0.1, 0.15) is 36.5 Å². The Kier molecular flexibility index (Phi) is 7.05. The molecule has 1 aliphatic rings. The first kappa shape index (κ1) is 21.5. The highest BCUT2D eigenvalue weighted by Crippen LogP contribution is 2.27. The van der Waals surface area contributed by atoms with Gasteiger partial charge in [0.05, 0.1) is 0 Å². The summed E-state index contributed by atoms with van der Waals surface area (Å²) in [4.78, 5) is 24.5. The van der Waals surface area contributed by atoms with Crippen molar-refractivity contribution in [1.29, 1.82) is 0 Å². The van der Waals surface area contributed by atoms with Gasteiger partial charge in [-0.15, -0.1) is 11.3 Å². The molecule has 0 bridgehead atoms. The van der Waals surface area contributed by atoms with Crippen molar-refractivity contribution in [2.24, 2.45) is 5.92 Å². The molecule has 9 heteroatoms. The van der Waals surface area contributed by atoms with E-state index in [4.69, 9.17) is 0 Å². The predicted molar refractivity (Wildman–Crippen MR) is 113 cm³/mol. The van der Waals surface area contributed by atoms with Gasteiger partial charge in [0.15, 0.2) is 0 Å².